The number of benzene rings is 8. The first-order chi connectivity index (χ1) is 29.3. The van der Waals surface area contributed by atoms with E-state index in [2.05, 4.69) is 210 Å². The van der Waals surface area contributed by atoms with Gasteiger partial charge in [0.1, 0.15) is 0 Å². The van der Waals surface area contributed by atoms with Gasteiger partial charge in [0.25, 0.3) is 0 Å². The summed E-state index contributed by atoms with van der Waals surface area (Å²) in [5.74, 6) is 0. The Bertz CT molecular complexity index is 3240. The van der Waals surface area contributed by atoms with Gasteiger partial charge in [0.2, 0.25) is 6.71 Å². The van der Waals surface area contributed by atoms with Crippen LogP contribution in [0.5, 0.6) is 0 Å². The SMILES string of the molecule is C1=CC2Sc3ccccc3N(c3cc4c5c(c3)-n3c6ccc(-c7ccccc7)cc6c6cc(-c7ccccc7)cc(c63)B5c3cccc(-c5ccccc5)c3S4)C2C=C1. The molecule has 4 aliphatic rings. The number of rotatable bonds is 4. The van der Waals surface area contributed by atoms with Crippen molar-refractivity contribution in [2.24, 2.45) is 0 Å². The Morgan fingerprint density at radius 2 is 1.20 bits per heavy atom. The summed E-state index contributed by atoms with van der Waals surface area (Å²) in [5, 5.41) is 2.90. The molecule has 0 fully saturated rings. The van der Waals surface area contributed by atoms with Crippen LogP contribution in [-0.2, 0) is 0 Å². The largest absolute Gasteiger partial charge is 0.332 e. The molecule has 9 aromatic rings. The number of anilines is 2. The molecule has 0 amide bonds. The van der Waals surface area contributed by atoms with Crippen LogP contribution in [0.15, 0.2) is 215 Å². The molecule has 2 atom stereocenters. The Morgan fingerprint density at radius 3 is 2.02 bits per heavy atom. The highest BCUT2D eigenvalue weighted by Crippen LogP contribution is 2.50. The Labute approximate surface area is 352 Å². The summed E-state index contributed by atoms with van der Waals surface area (Å²) in [5.41, 5.74) is 18.0. The number of nitrogens with zero attached hydrogens (tertiary/aromatic N) is 2. The molecule has 4 heterocycles. The van der Waals surface area contributed by atoms with E-state index in [0.717, 1.165) is 0 Å². The summed E-state index contributed by atoms with van der Waals surface area (Å²) in [6.07, 6.45) is 9.21. The highest BCUT2D eigenvalue weighted by Gasteiger charge is 2.42. The van der Waals surface area contributed by atoms with Gasteiger partial charge in [0.15, 0.2) is 0 Å². The van der Waals surface area contributed by atoms with Gasteiger partial charge in [-0.25, -0.2) is 0 Å². The predicted molar refractivity (Wildman–Crippen MR) is 253 cm³/mol. The third-order valence-electron chi connectivity index (χ3n) is 12.7. The minimum atomic E-state index is 0.0555. The van der Waals surface area contributed by atoms with Crippen molar-refractivity contribution in [3.63, 3.8) is 0 Å². The minimum Gasteiger partial charge on any atom is -0.332 e. The van der Waals surface area contributed by atoms with Crippen LogP contribution in [0.2, 0.25) is 0 Å². The Hall–Kier alpha value is -6.40. The van der Waals surface area contributed by atoms with Gasteiger partial charge in [0, 0.05) is 42.4 Å². The van der Waals surface area contributed by atoms with Crippen LogP contribution >= 0.6 is 23.5 Å². The zero-order valence-corrected chi connectivity index (χ0v) is 33.6. The Balaban J connectivity index is 1.15. The van der Waals surface area contributed by atoms with Crippen LogP contribution in [0.1, 0.15) is 0 Å². The fourth-order valence-corrected chi connectivity index (χ4v) is 12.8. The molecule has 0 radical (unpaired) electrons. The lowest BCUT2D eigenvalue weighted by molar-refractivity contribution is 0.777. The lowest BCUT2D eigenvalue weighted by atomic mass is 9.35. The van der Waals surface area contributed by atoms with Crippen molar-refractivity contribution in [3.05, 3.63) is 200 Å². The number of para-hydroxylation sites is 1. The molecule has 0 N–H and O–H groups in total. The van der Waals surface area contributed by atoms with Gasteiger partial charge in [-0.15, -0.1) is 11.8 Å². The molecule has 13 rings (SSSR count). The number of hydrogen-bond acceptors (Lipinski definition) is 3. The van der Waals surface area contributed by atoms with E-state index in [1.165, 1.54) is 103 Å². The fraction of sp³-hybridized carbons (Fsp3) is 0.0370. The lowest BCUT2D eigenvalue weighted by Gasteiger charge is -2.43. The highest BCUT2D eigenvalue weighted by atomic mass is 32.2. The highest BCUT2D eigenvalue weighted by molar-refractivity contribution is 8.00. The van der Waals surface area contributed by atoms with Gasteiger partial charge < -0.3 is 9.47 Å². The lowest BCUT2D eigenvalue weighted by Crippen LogP contribution is -2.59. The molecular formula is C54H35BN2S2. The zero-order chi connectivity index (χ0) is 38.6. The maximum Gasteiger partial charge on any atom is 0.249 e. The Morgan fingerprint density at radius 1 is 0.492 bits per heavy atom. The molecule has 276 valence electrons. The average Bonchev–Trinajstić information content (AvgIpc) is 3.64. The molecule has 5 heteroatoms. The quantitative estimate of drug-likeness (QED) is 0.164. The van der Waals surface area contributed by atoms with Crippen LogP contribution in [0.4, 0.5) is 11.4 Å². The molecule has 0 bridgehead atoms. The number of allylic oxidation sites excluding steroid dienone is 2. The van der Waals surface area contributed by atoms with Crippen molar-refractivity contribution in [2.75, 3.05) is 4.90 Å². The van der Waals surface area contributed by atoms with E-state index in [-0.39, 0.29) is 12.8 Å². The van der Waals surface area contributed by atoms with E-state index in [1.807, 2.05) is 23.5 Å². The molecule has 1 aromatic heterocycles. The second-order valence-corrected chi connectivity index (χ2v) is 18.2. The van der Waals surface area contributed by atoms with E-state index in [9.17, 15) is 0 Å². The van der Waals surface area contributed by atoms with Crippen molar-refractivity contribution in [1.82, 2.24) is 4.57 Å². The predicted octanol–water partition coefficient (Wildman–Crippen LogP) is 12.2. The van der Waals surface area contributed by atoms with E-state index >= 15 is 0 Å². The summed E-state index contributed by atoms with van der Waals surface area (Å²) in [6, 6.07) is 66.0. The van der Waals surface area contributed by atoms with E-state index in [4.69, 9.17) is 0 Å². The summed E-state index contributed by atoms with van der Waals surface area (Å²) >= 11 is 3.93. The van der Waals surface area contributed by atoms with Crippen LogP contribution < -0.4 is 21.3 Å². The van der Waals surface area contributed by atoms with Crippen LogP contribution in [0.25, 0.3) is 60.9 Å². The van der Waals surface area contributed by atoms with Crippen LogP contribution in [0, 0.1) is 0 Å². The van der Waals surface area contributed by atoms with Crippen molar-refractivity contribution in [3.8, 4) is 39.1 Å². The molecule has 0 saturated heterocycles. The molecule has 2 nitrogen and oxygen atoms in total. The molecule has 0 spiro atoms. The van der Waals surface area contributed by atoms with Crippen molar-refractivity contribution in [2.45, 2.75) is 26.0 Å². The maximum atomic E-state index is 2.62. The van der Waals surface area contributed by atoms with Gasteiger partial charge in [-0.3, -0.25) is 0 Å². The maximum absolute atomic E-state index is 2.62. The molecular weight excluding hydrogens is 752 g/mol. The first kappa shape index (κ1) is 33.6. The van der Waals surface area contributed by atoms with Gasteiger partial charge in [-0.2, -0.15) is 0 Å². The summed E-state index contributed by atoms with van der Waals surface area (Å²) < 4.78 is 2.62. The van der Waals surface area contributed by atoms with Crippen LogP contribution in [0.3, 0.4) is 0 Å². The molecule has 2 unspecified atom stereocenters. The minimum absolute atomic E-state index is 0.0555. The zero-order valence-electron chi connectivity index (χ0n) is 32.0. The molecule has 1 aliphatic carbocycles. The molecule has 59 heavy (non-hydrogen) atoms. The van der Waals surface area contributed by atoms with Crippen LogP contribution in [-0.4, -0.2) is 22.6 Å². The van der Waals surface area contributed by atoms with Crippen molar-refractivity contribution < 1.29 is 0 Å². The summed E-state index contributed by atoms with van der Waals surface area (Å²) in [6.45, 7) is 0.0555. The van der Waals surface area contributed by atoms with Gasteiger partial charge in [-0.05, 0) is 86.8 Å². The second kappa shape index (κ2) is 13.1. The normalized spacial score (nSPS) is 16.8. The first-order valence-electron chi connectivity index (χ1n) is 20.4. The monoisotopic (exact) mass is 786 g/mol. The smallest absolute Gasteiger partial charge is 0.249 e. The van der Waals surface area contributed by atoms with Crippen molar-refractivity contribution >= 4 is 79.8 Å². The molecule has 0 saturated carbocycles. The topological polar surface area (TPSA) is 8.17 Å². The molecule has 3 aliphatic heterocycles. The Kier molecular flexibility index (Phi) is 7.43. The first-order valence-corrected chi connectivity index (χ1v) is 22.1. The van der Waals surface area contributed by atoms with Crippen molar-refractivity contribution in [1.29, 1.82) is 0 Å². The van der Waals surface area contributed by atoms with E-state index in [0.29, 0.717) is 5.25 Å². The van der Waals surface area contributed by atoms with Gasteiger partial charge >= 0.3 is 0 Å². The second-order valence-electron chi connectivity index (χ2n) is 15.9. The van der Waals surface area contributed by atoms with E-state index in [1.54, 1.807) is 0 Å². The van der Waals surface area contributed by atoms with Gasteiger partial charge in [-0.1, -0.05) is 175 Å². The number of fused-ring (bicyclic) bond motifs is 9. The third kappa shape index (κ3) is 5.05. The summed E-state index contributed by atoms with van der Waals surface area (Å²) in [4.78, 5) is 6.61. The number of hydrogen-bond donors (Lipinski definition) is 0. The summed E-state index contributed by atoms with van der Waals surface area (Å²) in [7, 11) is 0. The molecule has 8 aromatic carbocycles. The van der Waals surface area contributed by atoms with Gasteiger partial charge in [0.05, 0.1) is 22.5 Å². The third-order valence-corrected chi connectivity index (χ3v) is 15.2. The average molecular weight is 787 g/mol. The fourth-order valence-electron chi connectivity index (χ4n) is 10.2. The standard InChI is InChI=1S/C54H35BN2S2/c1-4-15-34(16-5-1)37-27-28-45-41(29-37)42-30-38(35-17-6-2-7-18-35)31-44-53(42)57(45)48-32-39(56-46-23-10-12-25-49(46)58-50-26-13-11-24-47(50)56)33-51-52(48)55(44)43-22-14-21-40(54(43)59-51)36-19-8-3-9-20-36/h1-33,46,49H. The van der Waals surface area contributed by atoms with E-state index < -0.39 is 0 Å². The number of thioether (sulfide) groups is 1. The number of aromatic nitrogens is 1.